The van der Waals surface area contributed by atoms with Gasteiger partial charge >= 0.3 is 5.97 Å². The Morgan fingerprint density at radius 3 is 3.00 bits per heavy atom. The van der Waals surface area contributed by atoms with E-state index in [0.717, 1.165) is 17.7 Å². The zero-order valence-corrected chi connectivity index (χ0v) is 10.7. The summed E-state index contributed by atoms with van der Waals surface area (Å²) in [5.74, 6) is 0.437. The molecule has 1 aliphatic rings. The fourth-order valence-electron chi connectivity index (χ4n) is 1.83. The lowest BCUT2D eigenvalue weighted by molar-refractivity contribution is -0.156. The van der Waals surface area contributed by atoms with Crippen molar-refractivity contribution < 1.29 is 14.3 Å². The van der Waals surface area contributed by atoms with Crippen LogP contribution < -0.4 is 4.74 Å². The average molecular weight is 255 g/mol. The normalized spacial score (nSPS) is 18.5. The summed E-state index contributed by atoms with van der Waals surface area (Å²) in [6.45, 7) is 3.66. The van der Waals surface area contributed by atoms with Crippen LogP contribution in [0.2, 0.25) is 5.02 Å². The zero-order valence-electron chi connectivity index (χ0n) is 9.90. The molecule has 0 saturated carbocycles. The number of hydrogen-bond acceptors (Lipinski definition) is 3. The molecule has 1 aliphatic heterocycles. The Bertz CT molecular complexity index is 429. The van der Waals surface area contributed by atoms with Crippen LogP contribution >= 0.6 is 11.6 Å². The minimum atomic E-state index is -0.494. The van der Waals surface area contributed by atoms with E-state index < -0.39 is 6.10 Å². The first kappa shape index (κ1) is 12.2. The van der Waals surface area contributed by atoms with Gasteiger partial charge in [-0.15, -0.1) is 0 Å². The first-order valence-electron chi connectivity index (χ1n) is 5.72. The predicted molar refractivity (Wildman–Crippen MR) is 65.4 cm³/mol. The lowest BCUT2D eigenvalue weighted by Crippen LogP contribution is -2.34. The van der Waals surface area contributed by atoms with Crippen LogP contribution in [0.1, 0.15) is 25.8 Å². The van der Waals surface area contributed by atoms with Gasteiger partial charge in [-0.2, -0.15) is 0 Å². The molecule has 2 rings (SSSR count). The van der Waals surface area contributed by atoms with E-state index in [9.17, 15) is 4.79 Å². The van der Waals surface area contributed by atoms with Crippen molar-refractivity contribution in [3.63, 3.8) is 0 Å². The fraction of sp³-hybridized carbons (Fsp3) is 0.462. The van der Waals surface area contributed by atoms with Gasteiger partial charge in [-0.3, -0.25) is 0 Å². The Balaban J connectivity index is 2.08. The van der Waals surface area contributed by atoms with Crippen LogP contribution in [0.15, 0.2) is 18.2 Å². The van der Waals surface area contributed by atoms with Crippen molar-refractivity contribution in [1.82, 2.24) is 0 Å². The lowest BCUT2D eigenvalue weighted by Gasteiger charge is -2.25. The molecule has 0 bridgehead atoms. The van der Waals surface area contributed by atoms with Crippen molar-refractivity contribution >= 4 is 17.6 Å². The minimum Gasteiger partial charge on any atom is -0.478 e. The molecule has 3 nitrogen and oxygen atoms in total. The van der Waals surface area contributed by atoms with Crippen LogP contribution in [0.25, 0.3) is 0 Å². The van der Waals surface area contributed by atoms with Gasteiger partial charge in [0.15, 0.2) is 6.10 Å². The summed E-state index contributed by atoms with van der Waals surface area (Å²) >= 11 is 5.90. The molecule has 0 saturated heterocycles. The summed E-state index contributed by atoms with van der Waals surface area (Å²) in [6.07, 6.45) is 0.816. The first-order valence-corrected chi connectivity index (χ1v) is 6.09. The van der Waals surface area contributed by atoms with Crippen LogP contribution in [0.4, 0.5) is 0 Å². The molecule has 0 N–H and O–H groups in total. The second-order valence-corrected chi connectivity index (χ2v) is 4.82. The second kappa shape index (κ2) is 4.96. The number of carbonyl (C=O) groups excluding carboxylic acids is 1. The highest BCUT2D eigenvalue weighted by molar-refractivity contribution is 6.30. The van der Waals surface area contributed by atoms with Crippen molar-refractivity contribution in [3.05, 3.63) is 28.8 Å². The number of halogens is 1. The summed E-state index contributed by atoms with van der Waals surface area (Å²) in [5.41, 5.74) is 1.05. The van der Waals surface area contributed by atoms with E-state index in [-0.39, 0.29) is 12.1 Å². The van der Waals surface area contributed by atoms with Crippen LogP contribution in [0, 0.1) is 0 Å². The molecule has 4 heteroatoms. The Kier molecular flexibility index (Phi) is 3.57. The Labute approximate surface area is 106 Å². The van der Waals surface area contributed by atoms with Gasteiger partial charge in [0, 0.05) is 5.02 Å². The van der Waals surface area contributed by atoms with Crippen LogP contribution in [0.5, 0.6) is 5.75 Å². The lowest BCUT2D eigenvalue weighted by atomic mass is 10.0. The van der Waals surface area contributed by atoms with Gasteiger partial charge in [0.2, 0.25) is 0 Å². The summed E-state index contributed by atoms with van der Waals surface area (Å²) in [5, 5.41) is 0.690. The first-order chi connectivity index (χ1) is 8.06. The largest absolute Gasteiger partial charge is 0.478 e. The monoisotopic (exact) mass is 254 g/mol. The molecule has 0 amide bonds. The van der Waals surface area contributed by atoms with E-state index in [0.29, 0.717) is 11.4 Å². The molecular formula is C13H15ClO3. The number of hydrogen-bond donors (Lipinski definition) is 0. The Morgan fingerprint density at radius 2 is 2.29 bits per heavy atom. The number of rotatable bonds is 2. The number of fused-ring (bicyclic) bond motifs is 1. The molecule has 1 atom stereocenters. The topological polar surface area (TPSA) is 35.5 Å². The van der Waals surface area contributed by atoms with Gasteiger partial charge in [-0.1, -0.05) is 11.6 Å². The summed E-state index contributed by atoms with van der Waals surface area (Å²) in [4.78, 5) is 11.7. The van der Waals surface area contributed by atoms with Gasteiger partial charge < -0.3 is 9.47 Å². The quantitative estimate of drug-likeness (QED) is 0.761. The van der Waals surface area contributed by atoms with Gasteiger partial charge in [0.25, 0.3) is 0 Å². The molecule has 0 fully saturated rings. The molecule has 0 aliphatic carbocycles. The molecule has 0 aromatic heterocycles. The number of carbonyl (C=O) groups is 1. The van der Waals surface area contributed by atoms with Gasteiger partial charge in [0.05, 0.1) is 6.10 Å². The van der Waals surface area contributed by atoms with Gasteiger partial charge in [0.1, 0.15) is 5.75 Å². The standard InChI is InChI=1S/C13H15ClO3/c1-8(2)16-13(15)12-5-3-9-7-10(14)4-6-11(9)17-12/h4,6-8,12H,3,5H2,1-2H3. The molecule has 1 unspecified atom stereocenters. The van der Waals surface area contributed by atoms with Gasteiger partial charge in [-0.05, 0) is 50.5 Å². The van der Waals surface area contributed by atoms with E-state index in [1.54, 1.807) is 12.1 Å². The molecule has 1 heterocycles. The molecule has 92 valence electrons. The third kappa shape index (κ3) is 2.91. The highest BCUT2D eigenvalue weighted by atomic mass is 35.5. The Hall–Kier alpha value is -1.22. The van der Waals surface area contributed by atoms with Crippen molar-refractivity contribution in [1.29, 1.82) is 0 Å². The highest BCUT2D eigenvalue weighted by Crippen LogP contribution is 2.30. The Morgan fingerprint density at radius 1 is 1.53 bits per heavy atom. The maximum atomic E-state index is 11.7. The number of benzene rings is 1. The maximum absolute atomic E-state index is 11.7. The zero-order chi connectivity index (χ0) is 12.4. The van der Waals surface area contributed by atoms with E-state index in [1.165, 1.54) is 0 Å². The van der Waals surface area contributed by atoms with Crippen LogP contribution in [-0.2, 0) is 16.0 Å². The van der Waals surface area contributed by atoms with Crippen molar-refractivity contribution in [3.8, 4) is 5.75 Å². The number of ether oxygens (including phenoxy) is 2. The van der Waals surface area contributed by atoms with Gasteiger partial charge in [-0.25, -0.2) is 4.79 Å². The number of esters is 1. The minimum absolute atomic E-state index is 0.113. The predicted octanol–water partition coefficient (Wildman–Crippen LogP) is 2.99. The molecule has 1 aromatic rings. The fourth-order valence-corrected chi connectivity index (χ4v) is 2.03. The summed E-state index contributed by atoms with van der Waals surface area (Å²) in [6, 6.07) is 5.43. The third-order valence-electron chi connectivity index (χ3n) is 2.58. The van der Waals surface area contributed by atoms with Crippen molar-refractivity contribution in [2.75, 3.05) is 0 Å². The SMILES string of the molecule is CC(C)OC(=O)C1CCc2cc(Cl)ccc2O1. The molecule has 1 aromatic carbocycles. The second-order valence-electron chi connectivity index (χ2n) is 4.38. The maximum Gasteiger partial charge on any atom is 0.347 e. The third-order valence-corrected chi connectivity index (χ3v) is 2.82. The smallest absolute Gasteiger partial charge is 0.347 e. The highest BCUT2D eigenvalue weighted by Gasteiger charge is 2.27. The molecular weight excluding hydrogens is 240 g/mol. The summed E-state index contributed by atoms with van der Waals surface area (Å²) < 4.78 is 10.8. The van der Waals surface area contributed by atoms with Crippen LogP contribution in [0.3, 0.4) is 0 Å². The average Bonchev–Trinajstić information content (AvgIpc) is 2.27. The molecule has 0 spiro atoms. The molecule has 0 radical (unpaired) electrons. The van der Waals surface area contributed by atoms with Crippen molar-refractivity contribution in [2.24, 2.45) is 0 Å². The summed E-state index contributed by atoms with van der Waals surface area (Å²) in [7, 11) is 0. The van der Waals surface area contributed by atoms with E-state index in [2.05, 4.69) is 0 Å². The van der Waals surface area contributed by atoms with Crippen molar-refractivity contribution in [2.45, 2.75) is 38.9 Å². The van der Waals surface area contributed by atoms with Crippen LogP contribution in [-0.4, -0.2) is 18.2 Å². The number of aryl methyl sites for hydroxylation is 1. The van der Waals surface area contributed by atoms with E-state index in [1.807, 2.05) is 19.9 Å². The molecule has 17 heavy (non-hydrogen) atoms. The van der Waals surface area contributed by atoms with E-state index >= 15 is 0 Å². The van der Waals surface area contributed by atoms with E-state index in [4.69, 9.17) is 21.1 Å².